The number of carbonyl (C=O) groups is 1. The second-order valence-electron chi connectivity index (χ2n) is 7.04. The Bertz CT molecular complexity index is 1090. The number of rotatable bonds is 9. The Kier molecular flexibility index (Phi) is 7.01. The van der Waals surface area contributed by atoms with Gasteiger partial charge in [0.15, 0.2) is 22.9 Å². The van der Waals surface area contributed by atoms with E-state index in [2.05, 4.69) is 10.2 Å². The van der Waals surface area contributed by atoms with Crippen molar-refractivity contribution >= 4 is 23.2 Å². The standard InChI is InChI=1S/C21H21FN4O4S/c1-13(2)25-20(14(3)30-18-9-7-16(22)8-10-18)23-24-21(25)31-12-19(27)15-5-4-6-17(11-15)26(28)29/h4-11,13-14H,12H2,1-3H3. The molecule has 0 aliphatic rings. The maximum Gasteiger partial charge on any atom is 0.270 e. The Labute approximate surface area is 182 Å². The number of aromatic nitrogens is 3. The summed E-state index contributed by atoms with van der Waals surface area (Å²) < 4.78 is 20.8. The molecule has 1 unspecified atom stereocenters. The van der Waals surface area contributed by atoms with Crippen LogP contribution >= 0.6 is 11.8 Å². The summed E-state index contributed by atoms with van der Waals surface area (Å²) in [5.41, 5.74) is 0.140. The molecular weight excluding hydrogens is 423 g/mol. The van der Waals surface area contributed by atoms with E-state index in [4.69, 9.17) is 4.74 Å². The van der Waals surface area contributed by atoms with Gasteiger partial charge >= 0.3 is 0 Å². The van der Waals surface area contributed by atoms with E-state index in [-0.39, 0.29) is 34.6 Å². The van der Waals surface area contributed by atoms with E-state index in [0.717, 1.165) is 0 Å². The van der Waals surface area contributed by atoms with Crippen molar-refractivity contribution in [3.63, 3.8) is 0 Å². The van der Waals surface area contributed by atoms with E-state index >= 15 is 0 Å². The van der Waals surface area contributed by atoms with Crippen LogP contribution in [0.1, 0.15) is 49.1 Å². The molecule has 0 saturated carbocycles. The van der Waals surface area contributed by atoms with Gasteiger partial charge in [0.1, 0.15) is 11.6 Å². The van der Waals surface area contributed by atoms with Crippen LogP contribution in [0.15, 0.2) is 53.7 Å². The van der Waals surface area contributed by atoms with Crippen LogP contribution in [0.3, 0.4) is 0 Å². The minimum absolute atomic E-state index is 0.000294. The number of Topliss-reactive ketones (excluding diaryl/α,β-unsaturated/α-hetero) is 1. The maximum absolute atomic E-state index is 13.1. The number of halogens is 1. The second kappa shape index (κ2) is 9.69. The number of hydrogen-bond acceptors (Lipinski definition) is 7. The zero-order chi connectivity index (χ0) is 22.5. The molecule has 0 radical (unpaired) electrons. The smallest absolute Gasteiger partial charge is 0.270 e. The van der Waals surface area contributed by atoms with Gasteiger partial charge in [0.25, 0.3) is 5.69 Å². The third kappa shape index (κ3) is 5.46. The fourth-order valence-electron chi connectivity index (χ4n) is 2.93. The quantitative estimate of drug-likeness (QED) is 0.198. The highest BCUT2D eigenvalue weighted by Crippen LogP contribution is 2.28. The molecule has 1 atom stereocenters. The van der Waals surface area contributed by atoms with Crippen molar-refractivity contribution in [3.8, 4) is 5.75 Å². The topological polar surface area (TPSA) is 100 Å². The Hall–Kier alpha value is -3.27. The first kappa shape index (κ1) is 22.4. The predicted octanol–water partition coefficient (Wildman–Crippen LogP) is 5.02. The molecule has 0 saturated heterocycles. The summed E-state index contributed by atoms with van der Waals surface area (Å²) in [6.07, 6.45) is -0.456. The van der Waals surface area contributed by atoms with Crippen molar-refractivity contribution < 1.29 is 18.8 Å². The third-order valence-corrected chi connectivity index (χ3v) is 5.35. The lowest BCUT2D eigenvalue weighted by Gasteiger charge is -2.18. The first-order chi connectivity index (χ1) is 14.8. The molecule has 1 heterocycles. The van der Waals surface area contributed by atoms with Gasteiger partial charge in [0.05, 0.1) is 10.7 Å². The van der Waals surface area contributed by atoms with E-state index in [0.29, 0.717) is 16.7 Å². The van der Waals surface area contributed by atoms with Crippen molar-refractivity contribution in [1.29, 1.82) is 0 Å². The molecule has 0 fully saturated rings. The van der Waals surface area contributed by atoms with Crippen LogP contribution in [-0.2, 0) is 0 Å². The normalized spacial score (nSPS) is 12.0. The summed E-state index contributed by atoms with van der Waals surface area (Å²) in [5, 5.41) is 19.9. The Morgan fingerprint density at radius 2 is 1.90 bits per heavy atom. The third-order valence-electron chi connectivity index (χ3n) is 4.41. The van der Waals surface area contributed by atoms with Gasteiger partial charge in [-0.2, -0.15) is 0 Å². The number of ether oxygens (including phenoxy) is 1. The molecule has 0 N–H and O–H groups in total. The van der Waals surface area contributed by atoms with Crippen LogP contribution < -0.4 is 4.74 Å². The molecule has 0 aliphatic carbocycles. The van der Waals surface area contributed by atoms with Crippen LogP contribution in [0.4, 0.5) is 10.1 Å². The van der Waals surface area contributed by atoms with Crippen molar-refractivity contribution in [2.45, 2.75) is 38.1 Å². The van der Waals surface area contributed by atoms with Gasteiger partial charge in [0, 0.05) is 23.7 Å². The molecule has 0 amide bonds. The summed E-state index contributed by atoms with van der Waals surface area (Å²) in [6.45, 7) is 5.74. The van der Waals surface area contributed by atoms with E-state index in [1.807, 2.05) is 25.3 Å². The minimum Gasteiger partial charge on any atom is -0.483 e. The number of nitrogens with zero attached hydrogens (tertiary/aromatic N) is 4. The van der Waals surface area contributed by atoms with Crippen molar-refractivity contribution in [3.05, 3.63) is 75.9 Å². The molecule has 0 spiro atoms. The zero-order valence-electron chi connectivity index (χ0n) is 17.2. The monoisotopic (exact) mass is 444 g/mol. The van der Waals surface area contributed by atoms with Crippen LogP contribution in [-0.4, -0.2) is 31.2 Å². The van der Waals surface area contributed by atoms with Crippen LogP contribution in [0.2, 0.25) is 0 Å². The summed E-state index contributed by atoms with van der Waals surface area (Å²) in [7, 11) is 0. The molecule has 3 rings (SSSR count). The van der Waals surface area contributed by atoms with Crippen molar-refractivity contribution in [2.24, 2.45) is 0 Å². The number of ketones is 1. The molecule has 10 heteroatoms. The van der Waals surface area contributed by atoms with Gasteiger partial charge in [-0.1, -0.05) is 23.9 Å². The summed E-state index contributed by atoms with van der Waals surface area (Å²) in [6, 6.07) is 11.3. The van der Waals surface area contributed by atoms with Gasteiger partial charge in [0.2, 0.25) is 0 Å². The first-order valence-corrected chi connectivity index (χ1v) is 10.5. The first-order valence-electron chi connectivity index (χ1n) is 9.53. The summed E-state index contributed by atoms with van der Waals surface area (Å²) in [4.78, 5) is 22.9. The lowest BCUT2D eigenvalue weighted by molar-refractivity contribution is -0.384. The molecular formula is C21H21FN4O4S. The lowest BCUT2D eigenvalue weighted by Crippen LogP contribution is -2.14. The highest BCUT2D eigenvalue weighted by atomic mass is 32.2. The Balaban J connectivity index is 1.74. The van der Waals surface area contributed by atoms with Crippen LogP contribution in [0.25, 0.3) is 0 Å². The highest BCUT2D eigenvalue weighted by Gasteiger charge is 2.22. The second-order valence-corrected chi connectivity index (χ2v) is 7.98. The predicted molar refractivity (Wildman–Crippen MR) is 114 cm³/mol. The fourth-order valence-corrected chi connectivity index (χ4v) is 3.89. The number of benzene rings is 2. The van der Waals surface area contributed by atoms with Crippen molar-refractivity contribution in [1.82, 2.24) is 14.8 Å². The number of carbonyl (C=O) groups excluding carboxylic acids is 1. The number of hydrogen-bond donors (Lipinski definition) is 0. The molecule has 0 bridgehead atoms. The van der Waals surface area contributed by atoms with Gasteiger partial charge < -0.3 is 9.30 Å². The summed E-state index contributed by atoms with van der Waals surface area (Å²) in [5.74, 6) is 0.535. The number of non-ortho nitro benzene ring substituents is 1. The lowest BCUT2D eigenvalue weighted by atomic mass is 10.1. The van der Waals surface area contributed by atoms with Gasteiger partial charge in [-0.05, 0) is 45.0 Å². The Morgan fingerprint density at radius 3 is 2.55 bits per heavy atom. The molecule has 1 aromatic heterocycles. The average molecular weight is 444 g/mol. The number of nitro benzene ring substituents is 1. The van der Waals surface area contributed by atoms with E-state index in [1.165, 1.54) is 54.2 Å². The fraction of sp³-hybridized carbons (Fsp3) is 0.286. The molecule has 31 heavy (non-hydrogen) atoms. The number of nitro groups is 1. The van der Waals surface area contributed by atoms with E-state index < -0.39 is 11.0 Å². The SMILES string of the molecule is CC(Oc1ccc(F)cc1)c1nnc(SCC(=O)c2cccc([N+](=O)[O-])c2)n1C(C)C. The molecule has 0 aliphatic heterocycles. The minimum atomic E-state index is -0.534. The molecule has 2 aromatic carbocycles. The summed E-state index contributed by atoms with van der Waals surface area (Å²) >= 11 is 1.20. The Morgan fingerprint density at radius 1 is 1.19 bits per heavy atom. The van der Waals surface area contributed by atoms with Crippen LogP contribution in [0.5, 0.6) is 5.75 Å². The van der Waals surface area contributed by atoms with Gasteiger partial charge in [-0.3, -0.25) is 14.9 Å². The largest absolute Gasteiger partial charge is 0.483 e. The van der Waals surface area contributed by atoms with Gasteiger partial charge in [-0.15, -0.1) is 10.2 Å². The molecule has 8 nitrogen and oxygen atoms in total. The van der Waals surface area contributed by atoms with Crippen molar-refractivity contribution in [2.75, 3.05) is 5.75 Å². The number of thioether (sulfide) groups is 1. The molecule has 3 aromatic rings. The maximum atomic E-state index is 13.1. The average Bonchev–Trinajstić information content (AvgIpc) is 3.18. The van der Waals surface area contributed by atoms with Gasteiger partial charge in [-0.25, -0.2) is 4.39 Å². The highest BCUT2D eigenvalue weighted by molar-refractivity contribution is 7.99. The van der Waals surface area contributed by atoms with Crippen LogP contribution in [0, 0.1) is 15.9 Å². The van der Waals surface area contributed by atoms with E-state index in [1.54, 1.807) is 6.07 Å². The van der Waals surface area contributed by atoms with E-state index in [9.17, 15) is 19.3 Å². The molecule has 162 valence electrons. The zero-order valence-corrected chi connectivity index (χ0v) is 18.0.